The third kappa shape index (κ3) is 4.77. The third-order valence-corrected chi connectivity index (χ3v) is 3.26. The molecule has 1 N–H and O–H groups in total. The van der Waals surface area contributed by atoms with E-state index >= 15 is 0 Å². The minimum absolute atomic E-state index is 0.103. The van der Waals surface area contributed by atoms with E-state index in [0.29, 0.717) is 18.7 Å². The largest absolute Gasteiger partial charge is 0.356 e. The van der Waals surface area contributed by atoms with Gasteiger partial charge in [-0.25, -0.2) is 4.39 Å². The Morgan fingerprint density at radius 2 is 2.00 bits per heavy atom. The highest BCUT2D eigenvalue weighted by Gasteiger charge is 2.05. The molecule has 0 radical (unpaired) electrons. The lowest BCUT2D eigenvalue weighted by molar-refractivity contribution is -0.120. The molecule has 0 fully saturated rings. The summed E-state index contributed by atoms with van der Waals surface area (Å²) in [4.78, 5) is 26.6. The van der Waals surface area contributed by atoms with E-state index in [1.807, 2.05) is 6.07 Å². The van der Waals surface area contributed by atoms with Gasteiger partial charge in [0.05, 0.1) is 6.42 Å². The minimum Gasteiger partial charge on any atom is -0.356 e. The van der Waals surface area contributed by atoms with Crippen molar-refractivity contribution in [3.05, 3.63) is 65.2 Å². The maximum absolute atomic E-state index is 12.8. The van der Waals surface area contributed by atoms with Crippen LogP contribution in [0.5, 0.6) is 0 Å². The summed E-state index contributed by atoms with van der Waals surface area (Å²) in [5.74, 6) is -0.417. The van der Waals surface area contributed by atoms with E-state index < -0.39 is 0 Å². The molecule has 22 heavy (non-hydrogen) atoms. The molecule has 114 valence electrons. The maximum Gasteiger partial charge on any atom is 0.224 e. The molecule has 5 heteroatoms. The van der Waals surface area contributed by atoms with Crippen molar-refractivity contribution in [2.24, 2.45) is 0 Å². The average molecular weight is 300 g/mol. The number of amides is 1. The Labute approximate surface area is 128 Å². The number of aromatic nitrogens is 1. The van der Waals surface area contributed by atoms with Crippen LogP contribution in [0.1, 0.15) is 28.0 Å². The smallest absolute Gasteiger partial charge is 0.224 e. The molecule has 0 unspecified atom stereocenters. The standard InChI is InChI=1S/C17H17FN2O2/c18-15-7-5-13(6-8-15)11-17(22)20-10-2-4-14-3-1-9-19-16(14)12-21/h1,3,5-9,12H,2,4,10-11H2,(H,20,22). The van der Waals surface area contributed by atoms with Gasteiger partial charge in [-0.05, 0) is 42.2 Å². The van der Waals surface area contributed by atoms with Gasteiger partial charge in [0.1, 0.15) is 11.5 Å². The fourth-order valence-electron chi connectivity index (χ4n) is 2.13. The lowest BCUT2D eigenvalue weighted by Crippen LogP contribution is -2.26. The molecule has 0 saturated carbocycles. The van der Waals surface area contributed by atoms with Crippen LogP contribution < -0.4 is 5.32 Å². The van der Waals surface area contributed by atoms with E-state index in [9.17, 15) is 14.0 Å². The first-order chi connectivity index (χ1) is 10.7. The monoisotopic (exact) mass is 300 g/mol. The van der Waals surface area contributed by atoms with Gasteiger partial charge in [-0.3, -0.25) is 14.6 Å². The van der Waals surface area contributed by atoms with Crippen LogP contribution in [0.2, 0.25) is 0 Å². The summed E-state index contributed by atoms with van der Waals surface area (Å²) in [6.45, 7) is 0.521. The summed E-state index contributed by atoms with van der Waals surface area (Å²) in [6, 6.07) is 9.52. The van der Waals surface area contributed by atoms with E-state index in [1.54, 1.807) is 24.4 Å². The van der Waals surface area contributed by atoms with Gasteiger partial charge in [-0.2, -0.15) is 0 Å². The highest BCUT2D eigenvalue weighted by Crippen LogP contribution is 2.06. The lowest BCUT2D eigenvalue weighted by Gasteiger charge is -2.06. The van der Waals surface area contributed by atoms with Gasteiger partial charge in [0, 0.05) is 12.7 Å². The molecule has 0 spiro atoms. The summed E-state index contributed by atoms with van der Waals surface area (Å²) < 4.78 is 12.8. The molecule has 1 aromatic carbocycles. The molecule has 0 atom stereocenters. The Bertz CT molecular complexity index is 641. The van der Waals surface area contributed by atoms with Gasteiger partial charge in [-0.1, -0.05) is 18.2 Å². The molecule has 0 aliphatic rings. The molecule has 1 aromatic heterocycles. The Balaban J connectivity index is 1.73. The Kier molecular flexibility index (Phi) is 5.77. The van der Waals surface area contributed by atoms with Crippen LogP contribution >= 0.6 is 0 Å². The zero-order chi connectivity index (χ0) is 15.8. The zero-order valence-corrected chi connectivity index (χ0v) is 12.1. The number of carbonyl (C=O) groups is 2. The van der Waals surface area contributed by atoms with Gasteiger partial charge in [-0.15, -0.1) is 0 Å². The Morgan fingerprint density at radius 3 is 2.73 bits per heavy atom. The minimum atomic E-state index is -0.313. The number of rotatable bonds is 7. The summed E-state index contributed by atoms with van der Waals surface area (Å²) in [5, 5.41) is 2.81. The van der Waals surface area contributed by atoms with Crippen LogP contribution in [0.25, 0.3) is 0 Å². The topological polar surface area (TPSA) is 59.1 Å². The van der Waals surface area contributed by atoms with Crippen LogP contribution in [0.4, 0.5) is 4.39 Å². The maximum atomic E-state index is 12.8. The number of nitrogens with one attached hydrogen (secondary N) is 1. The van der Waals surface area contributed by atoms with Crippen molar-refractivity contribution in [1.82, 2.24) is 10.3 Å². The van der Waals surface area contributed by atoms with Crippen molar-refractivity contribution in [2.45, 2.75) is 19.3 Å². The van der Waals surface area contributed by atoms with E-state index in [-0.39, 0.29) is 18.1 Å². The number of nitrogens with zero attached hydrogens (tertiary/aromatic N) is 1. The molecule has 2 rings (SSSR count). The van der Waals surface area contributed by atoms with Crippen molar-refractivity contribution < 1.29 is 14.0 Å². The zero-order valence-electron chi connectivity index (χ0n) is 12.1. The number of aldehydes is 1. The predicted molar refractivity (Wildman–Crippen MR) is 81.1 cm³/mol. The molecular weight excluding hydrogens is 283 g/mol. The van der Waals surface area contributed by atoms with Gasteiger partial charge in [0.2, 0.25) is 5.91 Å². The van der Waals surface area contributed by atoms with Crippen LogP contribution in [0.3, 0.4) is 0 Å². The first-order valence-electron chi connectivity index (χ1n) is 7.09. The Hall–Kier alpha value is -2.56. The highest BCUT2D eigenvalue weighted by molar-refractivity contribution is 5.78. The fourth-order valence-corrected chi connectivity index (χ4v) is 2.13. The SMILES string of the molecule is O=Cc1ncccc1CCCNC(=O)Cc1ccc(F)cc1. The first kappa shape index (κ1) is 15.8. The average Bonchev–Trinajstić information content (AvgIpc) is 2.54. The Morgan fingerprint density at radius 1 is 1.23 bits per heavy atom. The van der Waals surface area contributed by atoms with Crippen LogP contribution in [0, 0.1) is 5.82 Å². The van der Waals surface area contributed by atoms with Gasteiger partial charge < -0.3 is 5.32 Å². The van der Waals surface area contributed by atoms with E-state index in [2.05, 4.69) is 10.3 Å². The van der Waals surface area contributed by atoms with Crippen molar-refractivity contribution in [3.8, 4) is 0 Å². The summed E-state index contributed by atoms with van der Waals surface area (Å²) in [6.07, 6.45) is 3.95. The number of hydrogen-bond donors (Lipinski definition) is 1. The second-order valence-corrected chi connectivity index (χ2v) is 4.92. The summed E-state index contributed by atoms with van der Waals surface area (Å²) in [5.41, 5.74) is 2.10. The number of hydrogen-bond acceptors (Lipinski definition) is 3. The number of pyridine rings is 1. The predicted octanol–water partition coefficient (Wildman–Crippen LogP) is 2.32. The normalized spacial score (nSPS) is 10.2. The molecule has 0 bridgehead atoms. The number of halogens is 1. The van der Waals surface area contributed by atoms with E-state index in [1.165, 1.54) is 12.1 Å². The second kappa shape index (κ2) is 8.02. The summed E-state index contributed by atoms with van der Waals surface area (Å²) >= 11 is 0. The molecule has 1 heterocycles. The van der Waals surface area contributed by atoms with Crippen LogP contribution in [-0.4, -0.2) is 23.7 Å². The summed E-state index contributed by atoms with van der Waals surface area (Å²) in [7, 11) is 0. The highest BCUT2D eigenvalue weighted by atomic mass is 19.1. The number of aryl methyl sites for hydroxylation is 1. The third-order valence-electron chi connectivity index (χ3n) is 3.26. The molecule has 0 saturated heterocycles. The first-order valence-corrected chi connectivity index (χ1v) is 7.09. The van der Waals surface area contributed by atoms with Crippen molar-refractivity contribution in [2.75, 3.05) is 6.54 Å². The molecule has 0 aliphatic carbocycles. The van der Waals surface area contributed by atoms with Crippen LogP contribution in [-0.2, 0) is 17.6 Å². The van der Waals surface area contributed by atoms with E-state index in [4.69, 9.17) is 0 Å². The second-order valence-electron chi connectivity index (χ2n) is 4.92. The van der Waals surface area contributed by atoms with Gasteiger partial charge in [0.15, 0.2) is 6.29 Å². The quantitative estimate of drug-likeness (QED) is 0.630. The van der Waals surface area contributed by atoms with Crippen molar-refractivity contribution >= 4 is 12.2 Å². The molecular formula is C17H17FN2O2. The van der Waals surface area contributed by atoms with Gasteiger partial charge >= 0.3 is 0 Å². The molecule has 4 nitrogen and oxygen atoms in total. The van der Waals surface area contributed by atoms with Crippen molar-refractivity contribution in [1.29, 1.82) is 0 Å². The number of benzene rings is 1. The fraction of sp³-hybridized carbons (Fsp3) is 0.235. The number of carbonyl (C=O) groups excluding carboxylic acids is 2. The van der Waals surface area contributed by atoms with Crippen molar-refractivity contribution in [3.63, 3.8) is 0 Å². The lowest BCUT2D eigenvalue weighted by atomic mass is 10.1. The molecule has 1 amide bonds. The van der Waals surface area contributed by atoms with Gasteiger partial charge in [0.25, 0.3) is 0 Å². The molecule has 2 aromatic rings. The van der Waals surface area contributed by atoms with E-state index in [0.717, 1.165) is 23.8 Å². The molecule has 0 aliphatic heterocycles. The van der Waals surface area contributed by atoms with Crippen LogP contribution in [0.15, 0.2) is 42.6 Å².